The van der Waals surface area contributed by atoms with Crippen molar-refractivity contribution in [1.82, 2.24) is 4.57 Å². The number of carbonyl (C=O) groups excluding carboxylic acids is 1. The number of nitrogens with one attached hydrogen (secondary N) is 1. The monoisotopic (exact) mass is 444 g/mol. The topological polar surface area (TPSA) is 68.2 Å². The highest BCUT2D eigenvalue weighted by molar-refractivity contribution is 7.90. The van der Waals surface area contributed by atoms with E-state index >= 15 is 0 Å². The van der Waals surface area contributed by atoms with Gasteiger partial charge in [0, 0.05) is 30.8 Å². The molecule has 0 bridgehead atoms. The molecule has 0 spiro atoms. The van der Waals surface area contributed by atoms with Crippen molar-refractivity contribution >= 4 is 32.2 Å². The Kier molecular flexibility index (Phi) is 4.71. The molecule has 4 aromatic rings. The van der Waals surface area contributed by atoms with Gasteiger partial charge in [0.1, 0.15) is 0 Å². The maximum absolute atomic E-state index is 13.1. The van der Waals surface area contributed by atoms with Crippen molar-refractivity contribution < 1.29 is 13.2 Å². The maximum Gasteiger partial charge on any atom is 0.257 e. The predicted octanol–water partition coefficient (Wildman–Crippen LogP) is 4.91. The Balaban J connectivity index is 1.52. The van der Waals surface area contributed by atoms with E-state index in [-0.39, 0.29) is 10.8 Å². The van der Waals surface area contributed by atoms with Crippen molar-refractivity contribution in [3.63, 3.8) is 0 Å². The summed E-state index contributed by atoms with van der Waals surface area (Å²) in [5.74, 6) is -0.220. The molecular weight excluding hydrogens is 420 g/mol. The third kappa shape index (κ3) is 3.31. The minimum absolute atomic E-state index is 0.220. The second-order valence-corrected chi connectivity index (χ2v) is 10.5. The Bertz CT molecular complexity index is 1490. The number of benzene rings is 3. The molecule has 1 heterocycles. The molecule has 1 N–H and O–H groups in total. The number of nitrogens with zero attached hydrogens (tertiary/aromatic N) is 1. The van der Waals surface area contributed by atoms with Crippen molar-refractivity contribution in [2.75, 3.05) is 11.6 Å². The van der Waals surface area contributed by atoms with Crippen LogP contribution in [-0.4, -0.2) is 25.1 Å². The molecule has 1 amide bonds. The van der Waals surface area contributed by atoms with Crippen LogP contribution >= 0.6 is 0 Å². The lowest BCUT2D eigenvalue weighted by Gasteiger charge is -2.12. The van der Waals surface area contributed by atoms with Crippen LogP contribution in [0.3, 0.4) is 0 Å². The first-order valence-corrected chi connectivity index (χ1v) is 12.4. The zero-order valence-electron chi connectivity index (χ0n) is 18.3. The first kappa shape index (κ1) is 20.5. The van der Waals surface area contributed by atoms with E-state index in [1.165, 1.54) is 34.0 Å². The molecule has 162 valence electrons. The third-order valence-electron chi connectivity index (χ3n) is 6.35. The van der Waals surface area contributed by atoms with E-state index in [9.17, 15) is 13.2 Å². The van der Waals surface area contributed by atoms with Gasteiger partial charge in [0.05, 0.1) is 16.2 Å². The average Bonchev–Trinajstić information content (AvgIpc) is 3.30. The highest BCUT2D eigenvalue weighted by atomic mass is 32.2. The highest BCUT2D eigenvalue weighted by Crippen LogP contribution is 2.39. The fourth-order valence-electron chi connectivity index (χ4n) is 4.81. The van der Waals surface area contributed by atoms with Crippen LogP contribution in [0.2, 0.25) is 0 Å². The Morgan fingerprint density at radius 1 is 0.969 bits per heavy atom. The molecule has 5 rings (SSSR count). The smallest absolute Gasteiger partial charge is 0.257 e. The van der Waals surface area contributed by atoms with E-state index in [1.807, 2.05) is 24.7 Å². The Morgan fingerprint density at radius 3 is 2.34 bits per heavy atom. The summed E-state index contributed by atoms with van der Waals surface area (Å²) < 4.78 is 25.3. The molecule has 1 aliphatic carbocycles. The molecule has 5 nitrogen and oxygen atoms in total. The van der Waals surface area contributed by atoms with Crippen molar-refractivity contribution in [2.45, 2.75) is 24.7 Å². The number of anilines is 1. The second-order valence-electron chi connectivity index (χ2n) is 8.49. The van der Waals surface area contributed by atoms with Crippen LogP contribution in [0.1, 0.15) is 27.0 Å². The number of carbonyl (C=O) groups is 1. The fraction of sp³-hybridized carbons (Fsp3) is 0.192. The molecule has 6 heteroatoms. The van der Waals surface area contributed by atoms with E-state index in [4.69, 9.17) is 0 Å². The molecule has 0 aliphatic heterocycles. The van der Waals surface area contributed by atoms with E-state index in [1.54, 1.807) is 12.1 Å². The normalized spacial score (nSPS) is 13.0. The zero-order valence-corrected chi connectivity index (χ0v) is 19.1. The predicted molar refractivity (Wildman–Crippen MR) is 128 cm³/mol. The van der Waals surface area contributed by atoms with Crippen LogP contribution < -0.4 is 5.32 Å². The van der Waals surface area contributed by atoms with Gasteiger partial charge in [0.2, 0.25) is 0 Å². The summed E-state index contributed by atoms with van der Waals surface area (Å²) in [5, 5.41) is 5.46. The van der Waals surface area contributed by atoms with Crippen molar-refractivity contribution in [3.05, 3.63) is 83.0 Å². The summed E-state index contributed by atoms with van der Waals surface area (Å²) in [4.78, 5) is 13.3. The van der Waals surface area contributed by atoms with Gasteiger partial charge in [0.25, 0.3) is 5.91 Å². The van der Waals surface area contributed by atoms with Crippen LogP contribution in [-0.2, 0) is 29.7 Å². The van der Waals surface area contributed by atoms with Crippen LogP contribution in [0.25, 0.3) is 22.0 Å². The molecule has 0 fully saturated rings. The Morgan fingerprint density at radius 2 is 1.66 bits per heavy atom. The second kappa shape index (κ2) is 7.35. The van der Waals surface area contributed by atoms with Crippen LogP contribution in [0.5, 0.6) is 0 Å². The summed E-state index contributed by atoms with van der Waals surface area (Å²) in [7, 11) is -1.31. The third-order valence-corrected chi connectivity index (χ3v) is 7.48. The number of aromatic nitrogens is 1. The standard InChI is InChI=1S/C26H24N2O3S/c1-16-23(26(29)27-19-10-12-20(13-11-19)32(3,30)31)15-28(2)25(16)22-14-9-18-8-7-17-5-4-6-21(22)24(17)18/h4-6,9-15H,7-8H2,1-3H3,(H,27,29). The van der Waals surface area contributed by atoms with Gasteiger partial charge >= 0.3 is 0 Å². The van der Waals surface area contributed by atoms with Gasteiger partial charge in [-0.3, -0.25) is 4.79 Å². The molecule has 0 saturated carbocycles. The van der Waals surface area contributed by atoms with Gasteiger partial charge in [-0.15, -0.1) is 0 Å². The van der Waals surface area contributed by atoms with Crippen LogP contribution in [0.15, 0.2) is 65.7 Å². The molecule has 0 radical (unpaired) electrons. The molecule has 1 aliphatic rings. The Labute approximate surface area is 187 Å². The largest absolute Gasteiger partial charge is 0.350 e. The molecule has 3 aromatic carbocycles. The number of amides is 1. The SMILES string of the molecule is Cc1c(C(=O)Nc2ccc(S(C)(=O)=O)cc2)cn(C)c1-c1ccc2c3c(cccc13)CC2. The summed E-state index contributed by atoms with van der Waals surface area (Å²) in [6, 6.07) is 17.1. The summed E-state index contributed by atoms with van der Waals surface area (Å²) in [6.07, 6.45) is 5.17. The van der Waals surface area contributed by atoms with Gasteiger partial charge in [-0.25, -0.2) is 8.42 Å². The summed E-state index contributed by atoms with van der Waals surface area (Å²) in [5.41, 5.74) is 7.00. The number of aryl methyl sites for hydroxylation is 3. The molecule has 0 saturated heterocycles. The molecule has 0 atom stereocenters. The Hall–Kier alpha value is -3.38. The van der Waals surface area contributed by atoms with Crippen molar-refractivity contribution in [1.29, 1.82) is 0 Å². The van der Waals surface area contributed by atoms with Gasteiger partial charge in [0.15, 0.2) is 9.84 Å². The van der Waals surface area contributed by atoms with E-state index in [0.29, 0.717) is 11.3 Å². The molecular formula is C26H24N2O3S. The highest BCUT2D eigenvalue weighted by Gasteiger charge is 2.22. The fourth-order valence-corrected chi connectivity index (χ4v) is 5.44. The zero-order chi connectivity index (χ0) is 22.6. The van der Waals surface area contributed by atoms with E-state index in [2.05, 4.69) is 35.6 Å². The van der Waals surface area contributed by atoms with Crippen LogP contribution in [0.4, 0.5) is 5.69 Å². The number of hydrogen-bond donors (Lipinski definition) is 1. The number of rotatable bonds is 4. The van der Waals surface area contributed by atoms with Gasteiger partial charge in [-0.05, 0) is 71.5 Å². The lowest BCUT2D eigenvalue weighted by Crippen LogP contribution is -2.12. The summed E-state index contributed by atoms with van der Waals surface area (Å²) in [6.45, 7) is 1.97. The minimum atomic E-state index is -3.28. The average molecular weight is 445 g/mol. The van der Waals surface area contributed by atoms with E-state index < -0.39 is 9.84 Å². The van der Waals surface area contributed by atoms with Crippen molar-refractivity contribution in [3.8, 4) is 11.3 Å². The number of sulfone groups is 1. The lowest BCUT2D eigenvalue weighted by molar-refractivity contribution is 0.102. The minimum Gasteiger partial charge on any atom is -0.350 e. The number of hydrogen-bond acceptors (Lipinski definition) is 3. The molecule has 32 heavy (non-hydrogen) atoms. The quantitative estimate of drug-likeness (QED) is 0.486. The molecule has 0 unspecified atom stereocenters. The van der Waals surface area contributed by atoms with E-state index in [0.717, 1.165) is 35.9 Å². The molecule has 1 aromatic heterocycles. The van der Waals surface area contributed by atoms with Gasteiger partial charge in [-0.1, -0.05) is 30.3 Å². The van der Waals surface area contributed by atoms with Crippen molar-refractivity contribution in [2.24, 2.45) is 7.05 Å². The van der Waals surface area contributed by atoms with Gasteiger partial charge < -0.3 is 9.88 Å². The van der Waals surface area contributed by atoms with Crippen LogP contribution in [0, 0.1) is 6.92 Å². The van der Waals surface area contributed by atoms with Gasteiger partial charge in [-0.2, -0.15) is 0 Å². The first-order chi connectivity index (χ1) is 15.2. The lowest BCUT2D eigenvalue weighted by atomic mass is 9.96. The maximum atomic E-state index is 13.1. The first-order valence-electron chi connectivity index (χ1n) is 10.6. The summed E-state index contributed by atoms with van der Waals surface area (Å²) >= 11 is 0.